The molecular formula is C19H24N4O3S. The van der Waals surface area contributed by atoms with Crippen LogP contribution in [0.25, 0.3) is 0 Å². The van der Waals surface area contributed by atoms with E-state index in [2.05, 4.69) is 22.5 Å². The Kier molecular flexibility index (Phi) is 4.77. The van der Waals surface area contributed by atoms with Gasteiger partial charge in [0.15, 0.2) is 0 Å². The summed E-state index contributed by atoms with van der Waals surface area (Å²) in [5.41, 5.74) is 2.86. The molecule has 1 aliphatic carbocycles. The van der Waals surface area contributed by atoms with Crippen LogP contribution in [0.2, 0.25) is 0 Å². The smallest absolute Gasteiger partial charge is 0.224 e. The Morgan fingerprint density at radius 3 is 2.78 bits per heavy atom. The van der Waals surface area contributed by atoms with E-state index in [9.17, 15) is 13.2 Å². The van der Waals surface area contributed by atoms with Gasteiger partial charge in [0.1, 0.15) is 0 Å². The fourth-order valence-corrected chi connectivity index (χ4v) is 4.55. The minimum absolute atomic E-state index is 0.0357. The largest absolute Gasteiger partial charge is 0.350 e. The van der Waals surface area contributed by atoms with Crippen molar-refractivity contribution in [1.29, 1.82) is 0 Å². The number of nitrogens with one attached hydrogen (secondary N) is 1. The second-order valence-corrected chi connectivity index (χ2v) is 9.36. The molecule has 7 nitrogen and oxygen atoms in total. The third-order valence-corrected chi connectivity index (χ3v) is 6.55. The molecule has 1 fully saturated rings. The molecule has 8 heteroatoms. The Bertz CT molecular complexity index is 939. The zero-order chi connectivity index (χ0) is 19.0. The van der Waals surface area contributed by atoms with Gasteiger partial charge in [-0.1, -0.05) is 30.3 Å². The highest BCUT2D eigenvalue weighted by molar-refractivity contribution is 7.88. The van der Waals surface area contributed by atoms with Crippen LogP contribution in [0, 0.1) is 5.92 Å². The molecule has 4 rings (SSSR count). The lowest BCUT2D eigenvalue weighted by molar-refractivity contribution is -0.122. The molecule has 2 heterocycles. The topological polar surface area (TPSA) is 84.3 Å². The summed E-state index contributed by atoms with van der Waals surface area (Å²) in [5, 5.41) is 7.52. The maximum absolute atomic E-state index is 12.4. The van der Waals surface area contributed by atoms with E-state index in [1.165, 1.54) is 16.1 Å². The number of carbonyl (C=O) groups excluding carboxylic acids is 1. The van der Waals surface area contributed by atoms with Crippen LogP contribution in [-0.2, 0) is 34.5 Å². The number of aromatic nitrogens is 2. The second kappa shape index (κ2) is 7.09. The Hall–Kier alpha value is -2.19. The fourth-order valence-electron chi connectivity index (χ4n) is 3.72. The number of sulfonamides is 1. The number of hydrogen-bond acceptors (Lipinski definition) is 4. The highest BCUT2D eigenvalue weighted by Crippen LogP contribution is 2.47. The van der Waals surface area contributed by atoms with Crippen LogP contribution < -0.4 is 5.32 Å². The predicted molar refractivity (Wildman–Crippen MR) is 101 cm³/mol. The average Bonchev–Trinajstić information content (AvgIpc) is 3.39. The molecular weight excluding hydrogens is 364 g/mol. The molecule has 1 N–H and O–H groups in total. The van der Waals surface area contributed by atoms with Gasteiger partial charge in [-0.15, -0.1) is 0 Å². The van der Waals surface area contributed by atoms with E-state index >= 15 is 0 Å². The number of rotatable bonds is 5. The molecule has 2 aromatic rings. The van der Waals surface area contributed by atoms with Crippen LogP contribution >= 0.6 is 0 Å². The summed E-state index contributed by atoms with van der Waals surface area (Å²) in [6.07, 6.45) is 2.85. The molecule has 1 amide bonds. The SMILES string of the molecule is CS(=O)(=O)N1CCCn2nc(CNC(=O)C3CC3c3ccccc3)cc2C1. The van der Waals surface area contributed by atoms with Crippen molar-refractivity contribution < 1.29 is 13.2 Å². The van der Waals surface area contributed by atoms with Gasteiger partial charge in [-0.2, -0.15) is 9.40 Å². The minimum Gasteiger partial charge on any atom is -0.350 e. The van der Waals surface area contributed by atoms with Crippen molar-refractivity contribution in [2.45, 2.75) is 38.4 Å². The number of nitrogens with zero attached hydrogens (tertiary/aromatic N) is 3. The number of fused-ring (bicyclic) bond motifs is 1. The van der Waals surface area contributed by atoms with Gasteiger partial charge in [-0.05, 0) is 30.4 Å². The van der Waals surface area contributed by atoms with Crippen molar-refractivity contribution in [3.8, 4) is 0 Å². The van der Waals surface area contributed by atoms with Crippen LogP contribution in [0.3, 0.4) is 0 Å². The molecule has 1 aliphatic heterocycles. The van der Waals surface area contributed by atoms with Crippen LogP contribution in [0.1, 0.15) is 35.7 Å². The molecule has 1 aromatic carbocycles. The van der Waals surface area contributed by atoms with Crippen molar-refractivity contribution >= 4 is 15.9 Å². The maximum Gasteiger partial charge on any atom is 0.224 e. The van der Waals surface area contributed by atoms with E-state index in [1.807, 2.05) is 28.9 Å². The summed E-state index contributed by atoms with van der Waals surface area (Å²) >= 11 is 0. The first-order valence-corrected chi connectivity index (χ1v) is 11.1. The molecule has 1 aromatic heterocycles. The van der Waals surface area contributed by atoms with Gasteiger partial charge < -0.3 is 5.32 Å². The molecule has 2 aliphatic rings. The molecule has 27 heavy (non-hydrogen) atoms. The van der Waals surface area contributed by atoms with Gasteiger partial charge in [0.05, 0.1) is 30.7 Å². The van der Waals surface area contributed by atoms with E-state index in [-0.39, 0.29) is 11.8 Å². The molecule has 1 saturated carbocycles. The van der Waals surface area contributed by atoms with Crippen molar-refractivity contribution in [2.24, 2.45) is 5.92 Å². The number of hydrogen-bond donors (Lipinski definition) is 1. The quantitative estimate of drug-likeness (QED) is 0.841. The molecule has 2 atom stereocenters. The summed E-state index contributed by atoms with van der Waals surface area (Å²) in [6, 6.07) is 12.0. The maximum atomic E-state index is 12.4. The molecule has 0 spiro atoms. The molecule has 0 saturated heterocycles. The number of carbonyl (C=O) groups is 1. The molecule has 0 radical (unpaired) electrons. The number of amides is 1. The van der Waals surface area contributed by atoms with Gasteiger partial charge >= 0.3 is 0 Å². The van der Waals surface area contributed by atoms with E-state index in [0.29, 0.717) is 32.1 Å². The van der Waals surface area contributed by atoms with Crippen LogP contribution in [0.4, 0.5) is 0 Å². The molecule has 2 unspecified atom stereocenters. The van der Waals surface area contributed by atoms with Gasteiger partial charge in [0.2, 0.25) is 15.9 Å². The van der Waals surface area contributed by atoms with E-state index in [4.69, 9.17) is 0 Å². The van der Waals surface area contributed by atoms with E-state index in [0.717, 1.165) is 24.2 Å². The Morgan fingerprint density at radius 2 is 2.04 bits per heavy atom. The van der Waals surface area contributed by atoms with Gasteiger partial charge in [-0.3, -0.25) is 9.48 Å². The molecule has 144 valence electrons. The highest BCUT2D eigenvalue weighted by Gasteiger charge is 2.43. The van der Waals surface area contributed by atoms with Crippen molar-refractivity contribution in [3.63, 3.8) is 0 Å². The third-order valence-electron chi connectivity index (χ3n) is 5.30. The Morgan fingerprint density at radius 1 is 1.26 bits per heavy atom. The van der Waals surface area contributed by atoms with E-state index in [1.54, 1.807) is 0 Å². The van der Waals surface area contributed by atoms with Crippen molar-refractivity contribution in [3.05, 3.63) is 53.3 Å². The summed E-state index contributed by atoms with van der Waals surface area (Å²) in [5.74, 6) is 0.409. The highest BCUT2D eigenvalue weighted by atomic mass is 32.2. The Balaban J connectivity index is 1.36. The van der Waals surface area contributed by atoms with Crippen molar-refractivity contribution in [1.82, 2.24) is 19.4 Å². The van der Waals surface area contributed by atoms with Crippen LogP contribution in [0.15, 0.2) is 36.4 Å². The van der Waals surface area contributed by atoms with Gasteiger partial charge in [-0.25, -0.2) is 8.42 Å². The second-order valence-electron chi connectivity index (χ2n) is 7.38. The summed E-state index contributed by atoms with van der Waals surface area (Å²) in [4.78, 5) is 12.4. The number of aryl methyl sites for hydroxylation is 1. The van der Waals surface area contributed by atoms with Gasteiger partial charge in [0, 0.05) is 19.0 Å². The summed E-state index contributed by atoms with van der Waals surface area (Å²) < 4.78 is 27.0. The first-order valence-electron chi connectivity index (χ1n) is 9.25. The zero-order valence-electron chi connectivity index (χ0n) is 15.3. The number of benzene rings is 1. The normalized spacial score (nSPS) is 22.7. The average molecular weight is 388 g/mol. The zero-order valence-corrected chi connectivity index (χ0v) is 16.2. The lowest BCUT2D eigenvalue weighted by atomic mass is 10.1. The van der Waals surface area contributed by atoms with Crippen LogP contribution in [-0.4, -0.2) is 41.2 Å². The first kappa shape index (κ1) is 18.2. The first-order chi connectivity index (χ1) is 12.9. The molecule has 0 bridgehead atoms. The van der Waals surface area contributed by atoms with Crippen LogP contribution in [0.5, 0.6) is 0 Å². The minimum atomic E-state index is -3.22. The van der Waals surface area contributed by atoms with E-state index < -0.39 is 10.0 Å². The Labute approximate surface area is 159 Å². The van der Waals surface area contributed by atoms with Crippen molar-refractivity contribution in [2.75, 3.05) is 12.8 Å². The standard InChI is InChI=1S/C19H24N4O3S/c1-27(25,26)22-8-5-9-23-16(13-22)10-15(21-23)12-20-19(24)18-11-17(18)14-6-3-2-4-7-14/h2-4,6-7,10,17-18H,5,8-9,11-13H2,1H3,(H,20,24). The lowest BCUT2D eigenvalue weighted by Gasteiger charge is -2.16. The summed E-state index contributed by atoms with van der Waals surface area (Å²) in [7, 11) is -3.22. The summed E-state index contributed by atoms with van der Waals surface area (Å²) in [6.45, 7) is 1.90. The fraction of sp³-hybridized carbons (Fsp3) is 0.474. The third kappa shape index (κ3) is 4.06. The monoisotopic (exact) mass is 388 g/mol. The lowest BCUT2D eigenvalue weighted by Crippen LogP contribution is -2.29. The predicted octanol–water partition coefficient (Wildman–Crippen LogP) is 1.47. The van der Waals surface area contributed by atoms with Gasteiger partial charge in [0.25, 0.3) is 0 Å².